The van der Waals surface area contributed by atoms with Crippen LogP contribution in [0.25, 0.3) is 0 Å². The lowest BCUT2D eigenvalue weighted by Crippen LogP contribution is -2.70. The molecule has 2 rings (SSSR count). The van der Waals surface area contributed by atoms with Crippen LogP contribution in [0.1, 0.15) is 13.3 Å². The van der Waals surface area contributed by atoms with Crippen LogP contribution in [0.15, 0.2) is 0 Å². The molecule has 2 fully saturated rings. The molecule has 0 aromatic rings. The first-order chi connectivity index (χ1) is 14.9. The van der Waals surface area contributed by atoms with E-state index in [9.17, 15) is 50.4 Å². The smallest absolute Gasteiger partial charge is 0.364 e. The van der Waals surface area contributed by atoms with Crippen molar-refractivity contribution >= 4 is 11.9 Å². The number of aliphatic hydroxyl groups is 8. The van der Waals surface area contributed by atoms with Crippen LogP contribution in [0.5, 0.6) is 0 Å². The molecule has 186 valence electrons. The Morgan fingerprint density at radius 3 is 2.28 bits per heavy atom. The highest BCUT2D eigenvalue weighted by molar-refractivity contribution is 5.76. The molecule has 15 nitrogen and oxygen atoms in total. The molecule has 0 saturated carbocycles. The molecule has 2 aliphatic heterocycles. The largest absolute Gasteiger partial charge is 0.477 e. The van der Waals surface area contributed by atoms with Gasteiger partial charge in [-0.05, 0) is 0 Å². The monoisotopic (exact) mass is 471 g/mol. The van der Waals surface area contributed by atoms with E-state index in [1.165, 1.54) is 0 Å². The van der Waals surface area contributed by atoms with Crippen molar-refractivity contribution < 1.29 is 69.8 Å². The third-order valence-corrected chi connectivity index (χ3v) is 5.35. The molecule has 2 saturated heterocycles. The van der Waals surface area contributed by atoms with Crippen LogP contribution in [-0.4, -0.2) is 138 Å². The van der Waals surface area contributed by atoms with Gasteiger partial charge in [-0.3, -0.25) is 4.79 Å². The molecule has 0 spiro atoms. The standard InChI is InChI=1S/C17H29NO14/c1-5(21)18-9-6(22)2-17(16(28)29,31-13(9)10(24)7(23)3-19)32-14-11(25)8(4-20)30-15(27)12(14)26/h6-15,19-20,22-27H,2-4H2,1H3,(H,18,21)(H,28,29). The van der Waals surface area contributed by atoms with E-state index >= 15 is 0 Å². The molecule has 11 unspecified atom stereocenters. The van der Waals surface area contributed by atoms with Crippen LogP contribution in [0.3, 0.4) is 0 Å². The van der Waals surface area contributed by atoms with Crippen molar-refractivity contribution in [2.75, 3.05) is 13.2 Å². The number of nitrogens with one attached hydrogen (secondary N) is 1. The van der Waals surface area contributed by atoms with Gasteiger partial charge in [-0.2, -0.15) is 0 Å². The van der Waals surface area contributed by atoms with Gasteiger partial charge in [-0.25, -0.2) is 4.79 Å². The normalized spacial score (nSPS) is 42.2. The van der Waals surface area contributed by atoms with Gasteiger partial charge in [0.1, 0.15) is 42.7 Å². The number of carboxylic acid groups (broad SMARTS) is 1. The maximum absolute atomic E-state index is 12.1. The van der Waals surface area contributed by atoms with Crippen LogP contribution in [-0.2, 0) is 23.8 Å². The summed E-state index contributed by atoms with van der Waals surface area (Å²) in [7, 11) is 0. The Balaban J connectivity index is 2.42. The fourth-order valence-electron chi connectivity index (χ4n) is 3.67. The molecule has 2 heterocycles. The summed E-state index contributed by atoms with van der Waals surface area (Å²) in [5, 5.41) is 91.5. The predicted molar refractivity (Wildman–Crippen MR) is 97.4 cm³/mol. The van der Waals surface area contributed by atoms with Crippen LogP contribution < -0.4 is 5.32 Å². The number of aliphatic carboxylic acids is 1. The molecule has 0 aromatic carbocycles. The second-order valence-corrected chi connectivity index (χ2v) is 7.69. The maximum atomic E-state index is 12.1. The zero-order valence-electron chi connectivity index (χ0n) is 17.0. The van der Waals surface area contributed by atoms with Gasteiger partial charge in [0.25, 0.3) is 5.79 Å². The zero-order chi connectivity index (χ0) is 24.4. The first-order valence-corrected chi connectivity index (χ1v) is 9.70. The van der Waals surface area contributed by atoms with Crippen molar-refractivity contribution in [3.05, 3.63) is 0 Å². The third kappa shape index (κ3) is 5.35. The van der Waals surface area contributed by atoms with Gasteiger partial charge in [0.15, 0.2) is 6.29 Å². The zero-order valence-corrected chi connectivity index (χ0v) is 17.0. The molecule has 10 N–H and O–H groups in total. The SMILES string of the molecule is CC(=O)NC1C(O)CC(OC2C(O)C(O)OC(CO)C2O)(C(=O)O)OC1C(O)C(O)CO. The Labute approximate surface area is 181 Å². The highest BCUT2D eigenvalue weighted by Crippen LogP contribution is 2.37. The van der Waals surface area contributed by atoms with Crippen LogP contribution in [0, 0.1) is 0 Å². The van der Waals surface area contributed by atoms with Crippen LogP contribution >= 0.6 is 0 Å². The number of amides is 1. The van der Waals surface area contributed by atoms with E-state index in [1.807, 2.05) is 0 Å². The number of ether oxygens (including phenoxy) is 3. The first kappa shape index (κ1) is 26.7. The van der Waals surface area contributed by atoms with E-state index in [0.717, 1.165) is 6.92 Å². The van der Waals surface area contributed by atoms with E-state index in [0.29, 0.717) is 0 Å². The van der Waals surface area contributed by atoms with Gasteiger partial charge in [0.05, 0.1) is 25.4 Å². The Kier molecular flexibility index (Phi) is 8.88. The van der Waals surface area contributed by atoms with Gasteiger partial charge < -0.3 is 65.5 Å². The summed E-state index contributed by atoms with van der Waals surface area (Å²) in [6.07, 6.45) is -17.6. The molecular weight excluding hydrogens is 442 g/mol. The van der Waals surface area contributed by atoms with Gasteiger partial charge in [0.2, 0.25) is 5.91 Å². The molecule has 1 amide bonds. The van der Waals surface area contributed by atoms with E-state index in [2.05, 4.69) is 5.32 Å². The Morgan fingerprint density at radius 1 is 1.16 bits per heavy atom. The number of carbonyl (C=O) groups is 2. The lowest BCUT2D eigenvalue weighted by Gasteiger charge is -2.49. The molecular formula is C17H29NO14. The Hall–Kier alpha value is -1.50. The second kappa shape index (κ2) is 10.6. The number of carboxylic acids is 1. The highest BCUT2D eigenvalue weighted by atomic mass is 16.7. The molecule has 0 aromatic heterocycles. The Bertz CT molecular complexity index is 665. The maximum Gasteiger partial charge on any atom is 0.364 e. The number of hydrogen-bond acceptors (Lipinski definition) is 13. The van der Waals surface area contributed by atoms with Gasteiger partial charge in [0, 0.05) is 13.3 Å². The summed E-state index contributed by atoms with van der Waals surface area (Å²) in [5.74, 6) is -5.44. The summed E-state index contributed by atoms with van der Waals surface area (Å²) in [4.78, 5) is 23.6. The van der Waals surface area contributed by atoms with Gasteiger partial charge in [-0.15, -0.1) is 0 Å². The van der Waals surface area contributed by atoms with Crippen LogP contribution in [0.4, 0.5) is 0 Å². The average Bonchev–Trinajstić information content (AvgIpc) is 2.73. The molecule has 0 aliphatic carbocycles. The fraction of sp³-hybridized carbons (Fsp3) is 0.882. The first-order valence-electron chi connectivity index (χ1n) is 9.70. The number of carbonyl (C=O) groups excluding carboxylic acids is 1. The highest BCUT2D eigenvalue weighted by Gasteiger charge is 2.59. The molecule has 0 bridgehead atoms. The summed E-state index contributed by atoms with van der Waals surface area (Å²) < 4.78 is 15.5. The Morgan fingerprint density at radius 2 is 1.78 bits per heavy atom. The minimum absolute atomic E-state index is 0.693. The van der Waals surface area contributed by atoms with Crippen molar-refractivity contribution in [2.45, 2.75) is 80.3 Å². The van der Waals surface area contributed by atoms with E-state index < -0.39 is 98.5 Å². The number of rotatable bonds is 8. The van der Waals surface area contributed by atoms with Crippen molar-refractivity contribution in [1.29, 1.82) is 0 Å². The molecule has 0 radical (unpaired) electrons. The van der Waals surface area contributed by atoms with Crippen molar-refractivity contribution in [3.63, 3.8) is 0 Å². The average molecular weight is 471 g/mol. The summed E-state index contributed by atoms with van der Waals surface area (Å²) in [6, 6.07) is -1.44. The van der Waals surface area contributed by atoms with Crippen molar-refractivity contribution in [2.24, 2.45) is 0 Å². The molecule has 15 heteroatoms. The van der Waals surface area contributed by atoms with E-state index in [-0.39, 0.29) is 0 Å². The summed E-state index contributed by atoms with van der Waals surface area (Å²) in [5.41, 5.74) is 0. The quantitative estimate of drug-likeness (QED) is 0.158. The van der Waals surface area contributed by atoms with Crippen molar-refractivity contribution in [3.8, 4) is 0 Å². The van der Waals surface area contributed by atoms with Crippen molar-refractivity contribution in [1.82, 2.24) is 5.32 Å². The molecule has 11 atom stereocenters. The summed E-state index contributed by atoms with van der Waals surface area (Å²) in [6.45, 7) is -0.741. The molecule has 32 heavy (non-hydrogen) atoms. The van der Waals surface area contributed by atoms with Crippen LogP contribution in [0.2, 0.25) is 0 Å². The molecule has 2 aliphatic rings. The van der Waals surface area contributed by atoms with E-state index in [4.69, 9.17) is 19.3 Å². The fourth-order valence-corrected chi connectivity index (χ4v) is 3.67. The number of aliphatic hydroxyl groups excluding tert-OH is 8. The van der Waals surface area contributed by atoms with Gasteiger partial charge in [-0.1, -0.05) is 0 Å². The number of hydrogen-bond donors (Lipinski definition) is 10. The summed E-state index contributed by atoms with van der Waals surface area (Å²) >= 11 is 0. The van der Waals surface area contributed by atoms with E-state index in [1.54, 1.807) is 0 Å². The minimum atomic E-state index is -2.86. The topological polar surface area (TPSA) is 256 Å². The van der Waals surface area contributed by atoms with Gasteiger partial charge >= 0.3 is 5.97 Å². The minimum Gasteiger partial charge on any atom is -0.477 e. The lowest BCUT2D eigenvalue weighted by atomic mass is 9.88. The predicted octanol–water partition coefficient (Wildman–Crippen LogP) is -6.05. The third-order valence-electron chi connectivity index (χ3n) is 5.35. The second-order valence-electron chi connectivity index (χ2n) is 7.69. The lowest BCUT2D eigenvalue weighted by molar-refractivity contribution is -0.366.